The number of rotatable bonds is 2. The van der Waals surface area contributed by atoms with Crippen molar-refractivity contribution in [3.63, 3.8) is 0 Å². The summed E-state index contributed by atoms with van der Waals surface area (Å²) in [5.41, 5.74) is -0.641. The zero-order valence-corrected chi connectivity index (χ0v) is 6.73. The van der Waals surface area contributed by atoms with Crippen LogP contribution in [-0.2, 0) is 0 Å². The van der Waals surface area contributed by atoms with E-state index in [1.165, 1.54) is 0 Å². The van der Waals surface area contributed by atoms with Crippen LogP contribution in [0.25, 0.3) is 0 Å². The van der Waals surface area contributed by atoms with Crippen LogP contribution < -0.4 is 0 Å². The Morgan fingerprint density at radius 3 is 1.56 bits per heavy atom. The van der Waals surface area contributed by atoms with Crippen molar-refractivity contribution >= 4 is 7.85 Å². The summed E-state index contributed by atoms with van der Waals surface area (Å²) in [6, 6.07) is 0. The van der Waals surface area contributed by atoms with Gasteiger partial charge in [-0.15, -0.1) is 0 Å². The van der Waals surface area contributed by atoms with Gasteiger partial charge in [-0.1, -0.05) is 19.2 Å². The summed E-state index contributed by atoms with van der Waals surface area (Å²) in [7, 11) is 5.66. The van der Waals surface area contributed by atoms with Crippen LogP contribution in [0, 0.1) is 0 Å². The first-order valence-electron chi connectivity index (χ1n) is 3.22. The molecule has 0 saturated heterocycles. The predicted octanol–water partition coefficient (Wildman–Crippen LogP) is 1.51. The van der Waals surface area contributed by atoms with Crippen LogP contribution in [0.1, 0.15) is 34.1 Å². The molecule has 0 heterocycles. The highest BCUT2D eigenvalue weighted by molar-refractivity contribution is 6.14. The molecular formula is C7H15BO. The van der Waals surface area contributed by atoms with Crippen molar-refractivity contribution in [2.24, 2.45) is 0 Å². The highest BCUT2D eigenvalue weighted by Gasteiger charge is 2.21. The lowest BCUT2D eigenvalue weighted by molar-refractivity contribution is 0.0608. The molecule has 0 aromatic rings. The molecule has 1 nitrogen and oxygen atoms in total. The maximum absolute atomic E-state index is 9.27. The molecule has 9 heavy (non-hydrogen) atoms. The van der Waals surface area contributed by atoms with Gasteiger partial charge in [-0.3, -0.25) is 0 Å². The van der Waals surface area contributed by atoms with Crippen LogP contribution in [0.3, 0.4) is 0 Å². The second-order valence-corrected chi connectivity index (χ2v) is 3.98. The lowest BCUT2D eigenvalue weighted by Crippen LogP contribution is -2.24. The van der Waals surface area contributed by atoms with Crippen molar-refractivity contribution in [2.75, 3.05) is 0 Å². The zero-order valence-electron chi connectivity index (χ0n) is 6.73. The van der Waals surface area contributed by atoms with Gasteiger partial charge in [-0.05, 0) is 20.3 Å². The fraction of sp³-hybridized carbons (Fsp3) is 1.00. The van der Waals surface area contributed by atoms with Crippen LogP contribution >= 0.6 is 0 Å². The topological polar surface area (TPSA) is 20.2 Å². The Kier molecular flexibility index (Phi) is 2.34. The highest BCUT2D eigenvalue weighted by Crippen LogP contribution is 2.30. The minimum Gasteiger partial charge on any atom is -0.390 e. The molecule has 1 N–H and O–H groups in total. The molecule has 0 bridgehead atoms. The smallest absolute Gasteiger partial charge is 0.0740 e. The molecule has 0 aliphatic heterocycles. The monoisotopic (exact) mass is 126 g/mol. The van der Waals surface area contributed by atoms with Crippen LogP contribution in [0.4, 0.5) is 0 Å². The molecule has 0 aromatic heterocycles. The van der Waals surface area contributed by atoms with Gasteiger partial charge in [0.25, 0.3) is 0 Å². The Balaban J connectivity index is 3.75. The summed E-state index contributed by atoms with van der Waals surface area (Å²) in [4.78, 5) is 0. The summed E-state index contributed by atoms with van der Waals surface area (Å²) < 4.78 is 0. The van der Waals surface area contributed by atoms with Crippen molar-refractivity contribution in [1.29, 1.82) is 0 Å². The average molecular weight is 126 g/mol. The Morgan fingerprint density at radius 2 is 1.56 bits per heavy atom. The average Bonchev–Trinajstić information content (AvgIpc) is 1.14. The third kappa shape index (κ3) is 8.02. The molecule has 2 radical (unpaired) electrons. The minimum absolute atomic E-state index is 0.266. The van der Waals surface area contributed by atoms with Gasteiger partial charge >= 0.3 is 0 Å². The molecule has 0 aliphatic rings. The Morgan fingerprint density at radius 1 is 1.22 bits per heavy atom. The van der Waals surface area contributed by atoms with Gasteiger partial charge in [0.1, 0.15) is 0 Å². The quantitative estimate of drug-likeness (QED) is 0.556. The van der Waals surface area contributed by atoms with Gasteiger partial charge in [0.2, 0.25) is 0 Å². The summed E-state index contributed by atoms with van der Waals surface area (Å²) in [6.07, 6.45) is 0.625. The summed E-state index contributed by atoms with van der Waals surface area (Å²) in [6.45, 7) is 7.35. The van der Waals surface area contributed by atoms with E-state index in [0.717, 1.165) is 0 Å². The number of aliphatic hydroxyl groups is 1. The first-order valence-corrected chi connectivity index (χ1v) is 3.22. The Labute approximate surface area is 58.9 Å². The third-order valence-electron chi connectivity index (χ3n) is 0.888. The van der Waals surface area contributed by atoms with Crippen molar-refractivity contribution in [3.8, 4) is 0 Å². The van der Waals surface area contributed by atoms with E-state index < -0.39 is 5.60 Å². The van der Waals surface area contributed by atoms with Gasteiger partial charge < -0.3 is 5.11 Å². The first-order chi connectivity index (χ1) is 3.71. The van der Waals surface area contributed by atoms with Crippen LogP contribution in [-0.4, -0.2) is 18.6 Å². The Bertz CT molecular complexity index is 74.1. The zero-order chi connectivity index (χ0) is 7.71. The van der Waals surface area contributed by atoms with E-state index in [1.807, 2.05) is 13.8 Å². The van der Waals surface area contributed by atoms with Crippen molar-refractivity contribution in [3.05, 3.63) is 0 Å². The molecule has 0 spiro atoms. The Hall–Kier alpha value is 0.0249. The SMILES string of the molecule is [B]C(C)(C)CC(C)(C)O. The molecule has 2 heteroatoms. The molecule has 0 amide bonds. The molecule has 0 aliphatic carbocycles. The highest BCUT2D eigenvalue weighted by atomic mass is 16.3. The van der Waals surface area contributed by atoms with E-state index in [0.29, 0.717) is 6.42 Å². The first kappa shape index (κ1) is 9.02. The van der Waals surface area contributed by atoms with E-state index in [1.54, 1.807) is 13.8 Å². The van der Waals surface area contributed by atoms with E-state index >= 15 is 0 Å². The maximum Gasteiger partial charge on any atom is 0.0740 e. The molecule has 0 aromatic carbocycles. The fourth-order valence-corrected chi connectivity index (χ4v) is 1.11. The predicted molar refractivity (Wildman–Crippen MR) is 40.7 cm³/mol. The van der Waals surface area contributed by atoms with Crippen LogP contribution in [0.15, 0.2) is 0 Å². The van der Waals surface area contributed by atoms with Crippen molar-refractivity contribution in [2.45, 2.75) is 45.0 Å². The number of hydrogen-bond acceptors (Lipinski definition) is 1. The molecule has 0 rings (SSSR count). The lowest BCUT2D eigenvalue weighted by atomic mass is 9.67. The second kappa shape index (κ2) is 2.33. The fourth-order valence-electron chi connectivity index (χ4n) is 1.11. The molecule has 0 saturated carbocycles. The van der Waals surface area contributed by atoms with Crippen molar-refractivity contribution < 1.29 is 5.11 Å². The molecule has 52 valence electrons. The largest absolute Gasteiger partial charge is 0.390 e. The van der Waals surface area contributed by atoms with E-state index in [2.05, 4.69) is 0 Å². The third-order valence-corrected chi connectivity index (χ3v) is 0.888. The summed E-state index contributed by atoms with van der Waals surface area (Å²) in [5, 5.41) is 9.01. The van der Waals surface area contributed by atoms with Gasteiger partial charge in [0, 0.05) is 0 Å². The minimum atomic E-state index is -0.641. The van der Waals surface area contributed by atoms with Crippen LogP contribution in [0.2, 0.25) is 5.31 Å². The molecule has 0 atom stereocenters. The van der Waals surface area contributed by atoms with E-state index in [9.17, 15) is 5.11 Å². The molecule has 0 unspecified atom stereocenters. The van der Waals surface area contributed by atoms with E-state index in [4.69, 9.17) is 7.85 Å². The summed E-state index contributed by atoms with van der Waals surface area (Å²) >= 11 is 0. The van der Waals surface area contributed by atoms with Gasteiger partial charge in [-0.25, -0.2) is 0 Å². The lowest BCUT2D eigenvalue weighted by Gasteiger charge is -2.27. The van der Waals surface area contributed by atoms with Gasteiger partial charge in [-0.2, -0.15) is 0 Å². The van der Waals surface area contributed by atoms with Crippen LogP contribution in [0.5, 0.6) is 0 Å². The normalized spacial score (nSPS) is 13.9. The molecule has 0 fully saturated rings. The molecular weight excluding hydrogens is 111 g/mol. The second-order valence-electron chi connectivity index (χ2n) is 3.98. The van der Waals surface area contributed by atoms with Gasteiger partial charge in [0.15, 0.2) is 0 Å². The number of hydrogen-bond donors (Lipinski definition) is 1. The van der Waals surface area contributed by atoms with E-state index in [-0.39, 0.29) is 5.31 Å². The van der Waals surface area contributed by atoms with Gasteiger partial charge in [0.05, 0.1) is 13.4 Å². The maximum atomic E-state index is 9.27. The standard InChI is InChI=1S/C7H15BO/c1-6(2,8)5-7(3,4)9/h9H,5H2,1-4H3. The summed E-state index contributed by atoms with van der Waals surface area (Å²) in [5.74, 6) is 0. The van der Waals surface area contributed by atoms with Crippen molar-refractivity contribution in [1.82, 2.24) is 0 Å².